The number of nitrogens with zero attached hydrogens (tertiary/aromatic N) is 4. The van der Waals surface area contributed by atoms with Crippen molar-refractivity contribution in [1.82, 2.24) is 20.4 Å². The van der Waals surface area contributed by atoms with Crippen molar-refractivity contribution in [3.05, 3.63) is 41.5 Å². The number of hydrogen-bond donors (Lipinski definition) is 2. The zero-order valence-corrected chi connectivity index (χ0v) is 19.4. The SMILES string of the molecule is Cc1noc(C(C)NC(=O)c2ccc(NC(=O)CC3SC(N4CCCCC4)=NC3=O)cc2)n1. The van der Waals surface area contributed by atoms with Crippen molar-refractivity contribution in [2.75, 3.05) is 18.4 Å². The standard InChI is InChI=1S/C22H26N6O4S/c1-13(21-24-14(2)27-32-21)23-19(30)15-6-8-16(9-7-15)25-18(29)12-17-20(31)26-22(33-17)28-10-4-3-5-11-28/h6-9,13,17H,3-5,10-12H2,1-2H3,(H,23,30)(H,25,29). The third-order valence-electron chi connectivity index (χ3n) is 5.42. The quantitative estimate of drug-likeness (QED) is 0.659. The number of aliphatic imine (C=N–C) groups is 1. The number of carbonyl (C=O) groups excluding carboxylic acids is 3. The number of nitrogens with one attached hydrogen (secondary N) is 2. The molecule has 10 nitrogen and oxygen atoms in total. The zero-order valence-electron chi connectivity index (χ0n) is 18.5. The van der Waals surface area contributed by atoms with Gasteiger partial charge in [0, 0.05) is 30.8 Å². The molecular weight excluding hydrogens is 444 g/mol. The maximum atomic E-state index is 12.5. The first-order valence-corrected chi connectivity index (χ1v) is 11.8. The van der Waals surface area contributed by atoms with Crippen LogP contribution in [0, 0.1) is 6.92 Å². The van der Waals surface area contributed by atoms with E-state index in [-0.39, 0.29) is 24.1 Å². The molecule has 2 aliphatic heterocycles. The summed E-state index contributed by atoms with van der Waals surface area (Å²) in [5.74, 6) is 0.00285. The van der Waals surface area contributed by atoms with Gasteiger partial charge in [-0.25, -0.2) is 0 Å². The molecule has 3 heterocycles. The van der Waals surface area contributed by atoms with Crippen LogP contribution in [-0.4, -0.2) is 56.3 Å². The first kappa shape index (κ1) is 23.0. The highest BCUT2D eigenvalue weighted by Gasteiger charge is 2.33. The summed E-state index contributed by atoms with van der Waals surface area (Å²) >= 11 is 1.37. The van der Waals surface area contributed by atoms with Crippen molar-refractivity contribution in [3.8, 4) is 0 Å². The predicted octanol–water partition coefficient (Wildman–Crippen LogP) is 2.68. The Morgan fingerprint density at radius 3 is 2.61 bits per heavy atom. The van der Waals surface area contributed by atoms with Gasteiger partial charge in [-0.15, -0.1) is 0 Å². The summed E-state index contributed by atoms with van der Waals surface area (Å²) in [6.07, 6.45) is 3.45. The molecule has 3 amide bonds. The molecule has 1 aromatic heterocycles. The molecule has 0 radical (unpaired) electrons. The fraction of sp³-hybridized carbons (Fsp3) is 0.455. The van der Waals surface area contributed by atoms with E-state index in [9.17, 15) is 14.4 Å². The van der Waals surface area contributed by atoms with Crippen molar-refractivity contribution in [2.24, 2.45) is 4.99 Å². The van der Waals surface area contributed by atoms with Crippen LogP contribution in [0.4, 0.5) is 5.69 Å². The Hall–Kier alpha value is -3.21. The molecule has 2 N–H and O–H groups in total. The van der Waals surface area contributed by atoms with Crippen molar-refractivity contribution in [2.45, 2.75) is 50.8 Å². The van der Waals surface area contributed by atoms with Gasteiger partial charge in [0.1, 0.15) is 11.3 Å². The predicted molar refractivity (Wildman–Crippen MR) is 124 cm³/mol. The molecule has 1 saturated heterocycles. The number of amides is 3. The van der Waals surface area contributed by atoms with E-state index in [1.807, 2.05) is 0 Å². The molecule has 2 unspecified atom stereocenters. The second-order valence-electron chi connectivity index (χ2n) is 8.09. The van der Waals surface area contributed by atoms with E-state index in [0.29, 0.717) is 23.0 Å². The van der Waals surface area contributed by atoms with Crippen LogP contribution in [0.1, 0.15) is 60.7 Å². The summed E-state index contributed by atoms with van der Waals surface area (Å²) in [4.78, 5) is 47.6. The summed E-state index contributed by atoms with van der Waals surface area (Å²) in [5, 5.41) is 9.53. The highest BCUT2D eigenvalue weighted by Crippen LogP contribution is 2.29. The Morgan fingerprint density at radius 1 is 1.21 bits per heavy atom. The minimum absolute atomic E-state index is 0.0493. The lowest BCUT2D eigenvalue weighted by molar-refractivity contribution is -0.121. The zero-order chi connectivity index (χ0) is 23.4. The number of thioether (sulfide) groups is 1. The molecule has 4 rings (SSSR count). The highest BCUT2D eigenvalue weighted by atomic mass is 32.2. The Morgan fingerprint density at radius 2 is 1.94 bits per heavy atom. The molecule has 1 fully saturated rings. The third-order valence-corrected chi connectivity index (χ3v) is 6.63. The van der Waals surface area contributed by atoms with Crippen LogP contribution in [0.15, 0.2) is 33.8 Å². The maximum absolute atomic E-state index is 12.5. The second-order valence-corrected chi connectivity index (χ2v) is 9.26. The smallest absolute Gasteiger partial charge is 0.262 e. The van der Waals surface area contributed by atoms with Gasteiger partial charge in [-0.05, 0) is 57.4 Å². The number of aryl methyl sites for hydroxylation is 1. The molecule has 1 aromatic carbocycles. The van der Waals surface area contributed by atoms with Crippen LogP contribution >= 0.6 is 11.8 Å². The van der Waals surface area contributed by atoms with E-state index in [1.54, 1.807) is 38.1 Å². The minimum atomic E-state index is -0.498. The molecule has 174 valence electrons. The highest BCUT2D eigenvalue weighted by molar-refractivity contribution is 8.15. The van der Waals surface area contributed by atoms with Gasteiger partial charge in [0.05, 0.1) is 0 Å². The van der Waals surface area contributed by atoms with Crippen LogP contribution < -0.4 is 10.6 Å². The molecule has 0 spiro atoms. The van der Waals surface area contributed by atoms with Gasteiger partial charge in [-0.2, -0.15) is 9.98 Å². The third kappa shape index (κ3) is 5.78. The Bertz CT molecular complexity index is 1060. The lowest BCUT2D eigenvalue weighted by Crippen LogP contribution is -2.33. The van der Waals surface area contributed by atoms with Crippen molar-refractivity contribution >= 4 is 40.3 Å². The number of anilines is 1. The number of hydrogen-bond acceptors (Lipinski definition) is 8. The van der Waals surface area contributed by atoms with E-state index >= 15 is 0 Å². The van der Waals surface area contributed by atoms with Gasteiger partial charge in [0.2, 0.25) is 11.8 Å². The number of piperidine rings is 1. The molecule has 2 atom stereocenters. The van der Waals surface area contributed by atoms with Crippen LogP contribution in [0.25, 0.3) is 0 Å². The lowest BCUT2D eigenvalue weighted by atomic mass is 10.1. The topological polar surface area (TPSA) is 130 Å². The summed E-state index contributed by atoms with van der Waals surface area (Å²) in [7, 11) is 0. The Labute approximate surface area is 195 Å². The molecule has 11 heteroatoms. The number of aromatic nitrogens is 2. The van der Waals surface area contributed by atoms with Gasteiger partial charge in [-0.3, -0.25) is 14.4 Å². The number of carbonyl (C=O) groups is 3. The average molecular weight is 471 g/mol. The summed E-state index contributed by atoms with van der Waals surface area (Å²) in [6.45, 7) is 5.27. The van der Waals surface area contributed by atoms with Crippen LogP contribution in [0.2, 0.25) is 0 Å². The summed E-state index contributed by atoms with van der Waals surface area (Å²) < 4.78 is 5.07. The van der Waals surface area contributed by atoms with E-state index in [2.05, 4.69) is 30.7 Å². The van der Waals surface area contributed by atoms with Gasteiger partial charge < -0.3 is 20.1 Å². The van der Waals surface area contributed by atoms with E-state index in [1.165, 1.54) is 18.2 Å². The van der Waals surface area contributed by atoms with E-state index in [0.717, 1.165) is 31.1 Å². The van der Waals surface area contributed by atoms with E-state index in [4.69, 9.17) is 4.52 Å². The fourth-order valence-electron chi connectivity index (χ4n) is 3.65. The molecule has 0 saturated carbocycles. The lowest BCUT2D eigenvalue weighted by Gasteiger charge is -2.27. The van der Waals surface area contributed by atoms with Crippen LogP contribution in [0.3, 0.4) is 0 Å². The van der Waals surface area contributed by atoms with Crippen LogP contribution in [-0.2, 0) is 9.59 Å². The fourth-order valence-corrected chi connectivity index (χ4v) is 4.76. The minimum Gasteiger partial charge on any atom is -0.351 e. The summed E-state index contributed by atoms with van der Waals surface area (Å²) in [6, 6.07) is 6.09. The molecule has 2 aliphatic rings. The largest absolute Gasteiger partial charge is 0.351 e. The normalized spacial score (nSPS) is 19.2. The number of likely N-dealkylation sites (tertiary alicyclic amines) is 1. The Balaban J connectivity index is 1.27. The first-order chi connectivity index (χ1) is 15.9. The second kappa shape index (κ2) is 10.2. The van der Waals surface area contributed by atoms with E-state index < -0.39 is 11.3 Å². The van der Waals surface area contributed by atoms with Gasteiger partial charge in [0.25, 0.3) is 11.8 Å². The van der Waals surface area contributed by atoms with Gasteiger partial charge >= 0.3 is 0 Å². The number of amidine groups is 1. The monoisotopic (exact) mass is 470 g/mol. The van der Waals surface area contributed by atoms with Crippen molar-refractivity contribution in [3.63, 3.8) is 0 Å². The summed E-state index contributed by atoms with van der Waals surface area (Å²) in [5.41, 5.74) is 0.974. The Kier molecular flexibility index (Phi) is 7.07. The molecular formula is C22H26N6O4S. The number of rotatable bonds is 6. The van der Waals surface area contributed by atoms with Gasteiger partial charge in [0.15, 0.2) is 11.0 Å². The first-order valence-electron chi connectivity index (χ1n) is 10.9. The molecule has 0 bridgehead atoms. The van der Waals surface area contributed by atoms with Crippen molar-refractivity contribution in [1.29, 1.82) is 0 Å². The maximum Gasteiger partial charge on any atom is 0.262 e. The van der Waals surface area contributed by atoms with Gasteiger partial charge in [-0.1, -0.05) is 16.9 Å². The average Bonchev–Trinajstić information content (AvgIpc) is 3.40. The van der Waals surface area contributed by atoms with Crippen LogP contribution in [0.5, 0.6) is 0 Å². The molecule has 33 heavy (non-hydrogen) atoms. The number of benzene rings is 1. The molecule has 2 aromatic rings. The van der Waals surface area contributed by atoms with Crippen molar-refractivity contribution < 1.29 is 18.9 Å². The molecule has 0 aliphatic carbocycles.